The lowest BCUT2D eigenvalue weighted by molar-refractivity contribution is -0.140. The van der Waals surface area contributed by atoms with Gasteiger partial charge in [-0.1, -0.05) is 41.9 Å². The SMILES string of the molecule is COc1ccc(/C(O)=C2\C(=O)C(=O)N(CCCN3CCOCC3)[C@@H]2c2ccccc2)cc1Cl. The number of hydrogen-bond acceptors (Lipinski definition) is 6. The van der Waals surface area contributed by atoms with Crippen molar-refractivity contribution in [2.24, 2.45) is 0 Å². The summed E-state index contributed by atoms with van der Waals surface area (Å²) in [6.07, 6.45) is 0.713. The van der Waals surface area contributed by atoms with Crippen LogP contribution in [0.2, 0.25) is 5.02 Å². The summed E-state index contributed by atoms with van der Waals surface area (Å²) in [5, 5.41) is 11.4. The molecule has 0 aromatic heterocycles. The molecule has 2 saturated heterocycles. The van der Waals surface area contributed by atoms with Crippen LogP contribution in [0.5, 0.6) is 5.75 Å². The molecule has 2 aliphatic rings. The number of ether oxygens (including phenoxy) is 2. The second-order valence-corrected chi connectivity index (χ2v) is 8.47. The summed E-state index contributed by atoms with van der Waals surface area (Å²) in [4.78, 5) is 30.0. The summed E-state index contributed by atoms with van der Waals surface area (Å²) in [5.74, 6) is -1.09. The number of methoxy groups -OCH3 is 1. The van der Waals surface area contributed by atoms with E-state index in [4.69, 9.17) is 21.1 Å². The first-order valence-electron chi connectivity index (χ1n) is 11.0. The number of hydrogen-bond donors (Lipinski definition) is 1. The first kappa shape index (κ1) is 23.3. The molecule has 0 saturated carbocycles. The Morgan fingerprint density at radius 1 is 1.12 bits per heavy atom. The fourth-order valence-electron chi connectivity index (χ4n) is 4.35. The molecule has 2 fully saturated rings. The number of benzene rings is 2. The number of morpholine rings is 1. The highest BCUT2D eigenvalue weighted by atomic mass is 35.5. The van der Waals surface area contributed by atoms with Crippen molar-refractivity contribution in [2.75, 3.05) is 46.5 Å². The average molecular weight is 471 g/mol. The molecule has 0 bridgehead atoms. The smallest absolute Gasteiger partial charge is 0.295 e. The zero-order chi connectivity index (χ0) is 23.4. The Labute approximate surface area is 198 Å². The van der Waals surface area contributed by atoms with Gasteiger partial charge in [0.2, 0.25) is 0 Å². The van der Waals surface area contributed by atoms with Gasteiger partial charge in [0, 0.05) is 31.7 Å². The van der Waals surface area contributed by atoms with E-state index in [-0.39, 0.29) is 11.3 Å². The molecule has 2 aliphatic heterocycles. The molecule has 2 heterocycles. The molecule has 0 radical (unpaired) electrons. The molecule has 7 nitrogen and oxygen atoms in total. The molecule has 1 amide bonds. The second-order valence-electron chi connectivity index (χ2n) is 8.06. The molecule has 0 aliphatic carbocycles. The zero-order valence-corrected chi connectivity index (χ0v) is 19.3. The van der Waals surface area contributed by atoms with Crippen molar-refractivity contribution in [1.29, 1.82) is 0 Å². The summed E-state index contributed by atoms with van der Waals surface area (Å²) in [6.45, 7) is 4.35. The van der Waals surface area contributed by atoms with Crippen molar-refractivity contribution >= 4 is 29.1 Å². The lowest BCUT2D eigenvalue weighted by atomic mass is 9.95. The third kappa shape index (κ3) is 4.90. The number of likely N-dealkylation sites (tertiary alicyclic amines) is 1. The van der Waals surface area contributed by atoms with Crippen LogP contribution in [0.1, 0.15) is 23.6 Å². The zero-order valence-electron chi connectivity index (χ0n) is 18.5. The lowest BCUT2D eigenvalue weighted by Crippen LogP contribution is -2.38. The quantitative estimate of drug-likeness (QED) is 0.379. The Balaban J connectivity index is 1.66. The van der Waals surface area contributed by atoms with Gasteiger partial charge in [0.25, 0.3) is 11.7 Å². The monoisotopic (exact) mass is 470 g/mol. The molecule has 1 N–H and O–H groups in total. The van der Waals surface area contributed by atoms with E-state index in [2.05, 4.69) is 4.90 Å². The Hall–Kier alpha value is -2.87. The minimum absolute atomic E-state index is 0.0683. The predicted molar refractivity (Wildman–Crippen MR) is 125 cm³/mol. The van der Waals surface area contributed by atoms with Gasteiger partial charge >= 0.3 is 0 Å². The molecule has 174 valence electrons. The van der Waals surface area contributed by atoms with Crippen LogP contribution in [0.15, 0.2) is 54.1 Å². The van der Waals surface area contributed by atoms with Crippen LogP contribution in [0.3, 0.4) is 0 Å². The minimum atomic E-state index is -0.695. The van der Waals surface area contributed by atoms with Gasteiger partial charge in [-0.25, -0.2) is 0 Å². The van der Waals surface area contributed by atoms with Crippen LogP contribution in [-0.4, -0.2) is 73.1 Å². The number of aliphatic hydroxyl groups is 1. The lowest BCUT2D eigenvalue weighted by Gasteiger charge is -2.29. The van der Waals surface area contributed by atoms with Gasteiger partial charge in [0.1, 0.15) is 11.5 Å². The van der Waals surface area contributed by atoms with Crippen LogP contribution >= 0.6 is 11.6 Å². The second kappa shape index (κ2) is 10.4. The summed E-state index contributed by atoms with van der Waals surface area (Å²) in [6, 6.07) is 13.4. The number of carbonyl (C=O) groups is 2. The largest absolute Gasteiger partial charge is 0.507 e. The predicted octanol–water partition coefficient (Wildman–Crippen LogP) is 3.49. The fraction of sp³-hybridized carbons (Fsp3) is 0.360. The van der Waals surface area contributed by atoms with Gasteiger partial charge in [-0.05, 0) is 30.2 Å². The van der Waals surface area contributed by atoms with Crippen LogP contribution in [0, 0.1) is 0 Å². The fourth-order valence-corrected chi connectivity index (χ4v) is 4.61. The van der Waals surface area contributed by atoms with Gasteiger partial charge < -0.3 is 19.5 Å². The number of halogens is 1. The maximum atomic E-state index is 13.1. The summed E-state index contributed by atoms with van der Waals surface area (Å²) >= 11 is 6.24. The number of amides is 1. The number of carbonyl (C=O) groups excluding carboxylic acids is 2. The van der Waals surface area contributed by atoms with Crippen molar-refractivity contribution in [3.05, 3.63) is 70.3 Å². The van der Waals surface area contributed by atoms with Crippen molar-refractivity contribution in [1.82, 2.24) is 9.80 Å². The molecule has 4 rings (SSSR count). The third-order valence-corrected chi connectivity index (χ3v) is 6.35. The molecule has 0 spiro atoms. The van der Waals surface area contributed by atoms with Gasteiger partial charge in [-0.3, -0.25) is 14.5 Å². The van der Waals surface area contributed by atoms with E-state index >= 15 is 0 Å². The van der Waals surface area contributed by atoms with E-state index in [1.807, 2.05) is 30.3 Å². The number of rotatable bonds is 7. The molecule has 1 atom stereocenters. The summed E-state index contributed by atoms with van der Waals surface area (Å²) in [7, 11) is 1.50. The van der Waals surface area contributed by atoms with E-state index in [0.717, 1.165) is 25.2 Å². The van der Waals surface area contributed by atoms with Crippen molar-refractivity contribution < 1.29 is 24.2 Å². The standard InChI is InChI=1S/C25H27ClN2O5/c1-32-20-9-8-18(16-19(20)26)23(29)21-22(17-6-3-2-4-7-17)28(25(31)24(21)30)11-5-10-27-12-14-33-15-13-27/h2-4,6-9,16,22,29H,5,10-15H2,1H3/b23-21+/t22-/m1/s1. The van der Waals surface area contributed by atoms with E-state index in [1.54, 1.807) is 17.0 Å². The molecular formula is C25H27ClN2O5. The van der Waals surface area contributed by atoms with E-state index in [9.17, 15) is 14.7 Å². The molecule has 2 aromatic carbocycles. The summed E-state index contributed by atoms with van der Waals surface area (Å²) in [5.41, 5.74) is 1.19. The highest BCUT2D eigenvalue weighted by Gasteiger charge is 2.45. The van der Waals surface area contributed by atoms with Gasteiger partial charge in [-0.2, -0.15) is 0 Å². The Bertz CT molecular complexity index is 1050. The molecule has 33 heavy (non-hydrogen) atoms. The van der Waals surface area contributed by atoms with E-state index < -0.39 is 17.7 Å². The normalized spacial score (nSPS) is 20.9. The van der Waals surface area contributed by atoms with Crippen molar-refractivity contribution in [3.8, 4) is 5.75 Å². The van der Waals surface area contributed by atoms with Crippen LogP contribution in [-0.2, 0) is 14.3 Å². The Morgan fingerprint density at radius 3 is 2.52 bits per heavy atom. The highest BCUT2D eigenvalue weighted by Crippen LogP contribution is 2.40. The van der Waals surface area contributed by atoms with E-state index in [0.29, 0.717) is 42.5 Å². The van der Waals surface area contributed by atoms with Crippen molar-refractivity contribution in [3.63, 3.8) is 0 Å². The maximum Gasteiger partial charge on any atom is 0.295 e. The van der Waals surface area contributed by atoms with E-state index in [1.165, 1.54) is 13.2 Å². The average Bonchev–Trinajstić information content (AvgIpc) is 3.10. The molecule has 0 unspecified atom stereocenters. The number of aliphatic hydroxyl groups excluding tert-OH is 1. The first-order chi connectivity index (χ1) is 16.0. The first-order valence-corrected chi connectivity index (χ1v) is 11.4. The van der Waals surface area contributed by atoms with Crippen LogP contribution in [0.4, 0.5) is 0 Å². The highest BCUT2D eigenvalue weighted by molar-refractivity contribution is 6.46. The van der Waals surface area contributed by atoms with Gasteiger partial charge in [-0.15, -0.1) is 0 Å². The molecule has 2 aromatic rings. The Morgan fingerprint density at radius 2 is 1.85 bits per heavy atom. The number of nitrogens with zero attached hydrogens (tertiary/aromatic N) is 2. The topological polar surface area (TPSA) is 79.3 Å². The maximum absolute atomic E-state index is 13.1. The van der Waals surface area contributed by atoms with Crippen molar-refractivity contribution in [2.45, 2.75) is 12.5 Å². The summed E-state index contributed by atoms with van der Waals surface area (Å²) < 4.78 is 10.6. The minimum Gasteiger partial charge on any atom is -0.507 e. The Kier molecular flexibility index (Phi) is 7.33. The molecular weight excluding hydrogens is 444 g/mol. The third-order valence-electron chi connectivity index (χ3n) is 6.06. The molecule has 8 heteroatoms. The van der Waals surface area contributed by atoms with Gasteiger partial charge in [0.15, 0.2) is 0 Å². The number of ketones is 1. The van der Waals surface area contributed by atoms with Gasteiger partial charge in [0.05, 0.1) is 37.0 Å². The van der Waals surface area contributed by atoms with Crippen LogP contribution < -0.4 is 4.74 Å². The number of Topliss-reactive ketones (excluding diaryl/α,β-unsaturated/α-hetero) is 1. The van der Waals surface area contributed by atoms with Crippen LogP contribution in [0.25, 0.3) is 5.76 Å².